The second-order valence-electron chi connectivity index (χ2n) is 6.91. The maximum atomic E-state index is 12.7. The lowest BCUT2D eigenvalue weighted by Gasteiger charge is -2.09. The number of nitrogens with zero attached hydrogens (tertiary/aromatic N) is 3. The SMILES string of the molecule is CCc1c(C(=O)NNC(=O)c2cc(-c3ccc(OC)cc3)n[nH]2)cnn1-c1ccccc1. The number of rotatable bonds is 6. The lowest BCUT2D eigenvalue weighted by Crippen LogP contribution is -2.42. The molecule has 2 heterocycles. The van der Waals surface area contributed by atoms with Crippen LogP contribution in [0.4, 0.5) is 0 Å². The third kappa shape index (κ3) is 4.22. The van der Waals surface area contributed by atoms with Crippen molar-refractivity contribution in [2.24, 2.45) is 0 Å². The van der Waals surface area contributed by atoms with Crippen LogP contribution in [0.2, 0.25) is 0 Å². The minimum Gasteiger partial charge on any atom is -0.497 e. The first kappa shape index (κ1) is 20.9. The normalized spacial score (nSPS) is 10.6. The number of hydrogen-bond donors (Lipinski definition) is 3. The molecular weight excluding hydrogens is 408 g/mol. The molecule has 0 aliphatic carbocycles. The highest BCUT2D eigenvalue weighted by Crippen LogP contribution is 2.21. The Balaban J connectivity index is 1.43. The van der Waals surface area contributed by atoms with Gasteiger partial charge in [0.1, 0.15) is 11.4 Å². The number of carbonyl (C=O) groups excluding carboxylic acids is 2. The molecule has 9 heteroatoms. The van der Waals surface area contributed by atoms with E-state index in [0.29, 0.717) is 17.7 Å². The Labute approximate surface area is 184 Å². The molecule has 2 aromatic carbocycles. The number of hydrogen-bond acceptors (Lipinski definition) is 5. The first-order valence-electron chi connectivity index (χ1n) is 10.0. The van der Waals surface area contributed by atoms with Crippen molar-refractivity contribution in [1.29, 1.82) is 0 Å². The van der Waals surface area contributed by atoms with Gasteiger partial charge in [-0.3, -0.25) is 25.5 Å². The molecule has 162 valence electrons. The van der Waals surface area contributed by atoms with Crippen LogP contribution in [0.5, 0.6) is 5.75 Å². The number of nitrogens with one attached hydrogen (secondary N) is 3. The van der Waals surface area contributed by atoms with Gasteiger partial charge in [-0.25, -0.2) is 4.68 Å². The molecule has 4 rings (SSSR count). The molecule has 0 atom stereocenters. The molecule has 9 nitrogen and oxygen atoms in total. The Kier molecular flexibility index (Phi) is 5.98. The van der Waals surface area contributed by atoms with Gasteiger partial charge in [-0.15, -0.1) is 0 Å². The molecule has 0 saturated carbocycles. The van der Waals surface area contributed by atoms with Crippen LogP contribution >= 0.6 is 0 Å². The zero-order valence-electron chi connectivity index (χ0n) is 17.6. The van der Waals surface area contributed by atoms with Crippen molar-refractivity contribution in [2.45, 2.75) is 13.3 Å². The minimum absolute atomic E-state index is 0.215. The molecule has 2 aromatic heterocycles. The van der Waals surface area contributed by atoms with Crippen molar-refractivity contribution in [3.05, 3.63) is 83.8 Å². The Morgan fingerprint density at radius 1 is 1.03 bits per heavy atom. The van der Waals surface area contributed by atoms with Gasteiger partial charge < -0.3 is 4.74 Å². The van der Waals surface area contributed by atoms with E-state index in [1.807, 2.05) is 61.5 Å². The van der Waals surface area contributed by atoms with Gasteiger partial charge in [0, 0.05) is 5.56 Å². The number of ether oxygens (including phenoxy) is 1. The highest BCUT2D eigenvalue weighted by Gasteiger charge is 2.18. The summed E-state index contributed by atoms with van der Waals surface area (Å²) in [6.45, 7) is 1.94. The number of para-hydroxylation sites is 1. The fraction of sp³-hybridized carbons (Fsp3) is 0.130. The van der Waals surface area contributed by atoms with Crippen LogP contribution in [0.15, 0.2) is 66.9 Å². The molecule has 0 aliphatic rings. The van der Waals surface area contributed by atoms with Gasteiger partial charge in [0.05, 0.1) is 35.9 Å². The monoisotopic (exact) mass is 430 g/mol. The molecule has 0 radical (unpaired) electrons. The maximum absolute atomic E-state index is 12.7. The Morgan fingerprint density at radius 2 is 1.75 bits per heavy atom. The Hall–Kier alpha value is -4.40. The third-order valence-corrected chi connectivity index (χ3v) is 4.95. The van der Waals surface area contributed by atoms with E-state index in [-0.39, 0.29) is 5.69 Å². The van der Waals surface area contributed by atoms with Gasteiger partial charge >= 0.3 is 0 Å². The van der Waals surface area contributed by atoms with E-state index in [4.69, 9.17) is 4.74 Å². The number of aromatic nitrogens is 4. The minimum atomic E-state index is -0.515. The van der Waals surface area contributed by atoms with Crippen molar-refractivity contribution < 1.29 is 14.3 Å². The van der Waals surface area contributed by atoms with E-state index in [9.17, 15) is 9.59 Å². The summed E-state index contributed by atoms with van der Waals surface area (Å²) < 4.78 is 6.86. The number of methoxy groups -OCH3 is 1. The fourth-order valence-electron chi connectivity index (χ4n) is 3.29. The van der Waals surface area contributed by atoms with E-state index in [1.54, 1.807) is 17.9 Å². The molecule has 0 spiro atoms. The lowest BCUT2D eigenvalue weighted by molar-refractivity contribution is 0.0843. The van der Waals surface area contributed by atoms with Crippen LogP contribution in [-0.4, -0.2) is 38.9 Å². The van der Waals surface area contributed by atoms with Crippen LogP contribution < -0.4 is 15.6 Å². The van der Waals surface area contributed by atoms with Gasteiger partial charge in [-0.2, -0.15) is 10.2 Å². The molecule has 0 saturated heterocycles. The third-order valence-electron chi connectivity index (χ3n) is 4.95. The van der Waals surface area contributed by atoms with E-state index >= 15 is 0 Å². The number of benzene rings is 2. The summed E-state index contributed by atoms with van der Waals surface area (Å²) in [5.41, 5.74) is 8.49. The first-order chi connectivity index (χ1) is 15.6. The number of H-pyrrole nitrogens is 1. The topological polar surface area (TPSA) is 114 Å². The van der Waals surface area contributed by atoms with Gasteiger partial charge in [0.2, 0.25) is 0 Å². The molecule has 0 fully saturated rings. The number of hydrazine groups is 1. The van der Waals surface area contributed by atoms with Gasteiger partial charge in [0.15, 0.2) is 0 Å². The molecule has 0 bridgehead atoms. The molecule has 0 aliphatic heterocycles. The lowest BCUT2D eigenvalue weighted by atomic mass is 10.1. The smallest absolute Gasteiger partial charge is 0.287 e. The average Bonchev–Trinajstić information content (AvgIpc) is 3.50. The van der Waals surface area contributed by atoms with Crippen molar-refractivity contribution in [1.82, 2.24) is 30.8 Å². The second kappa shape index (κ2) is 9.17. The van der Waals surface area contributed by atoms with Crippen molar-refractivity contribution >= 4 is 11.8 Å². The second-order valence-corrected chi connectivity index (χ2v) is 6.91. The quantitative estimate of drug-likeness (QED) is 0.407. The predicted octanol–water partition coefficient (Wildman–Crippen LogP) is 2.91. The number of carbonyl (C=O) groups is 2. The van der Waals surface area contributed by atoms with Crippen molar-refractivity contribution in [3.8, 4) is 22.7 Å². The van der Waals surface area contributed by atoms with Crippen LogP contribution in [-0.2, 0) is 6.42 Å². The van der Waals surface area contributed by atoms with E-state index in [0.717, 1.165) is 22.7 Å². The zero-order chi connectivity index (χ0) is 22.5. The summed E-state index contributed by atoms with van der Waals surface area (Å²) in [4.78, 5) is 25.1. The van der Waals surface area contributed by atoms with Crippen LogP contribution in [0.25, 0.3) is 16.9 Å². The number of aromatic amines is 1. The highest BCUT2D eigenvalue weighted by molar-refractivity contribution is 5.99. The van der Waals surface area contributed by atoms with Gasteiger partial charge in [-0.1, -0.05) is 25.1 Å². The summed E-state index contributed by atoms with van der Waals surface area (Å²) in [5.74, 6) is -0.238. The molecule has 0 unspecified atom stereocenters. The zero-order valence-corrected chi connectivity index (χ0v) is 17.6. The molecule has 32 heavy (non-hydrogen) atoms. The standard InChI is InChI=1S/C23H22N6O3/c1-3-21-18(14-24-29(21)16-7-5-4-6-8-16)22(30)27-28-23(31)20-13-19(25-26-20)15-9-11-17(32-2)12-10-15/h4-14H,3H2,1-2H3,(H,25,26)(H,27,30)(H,28,31). The summed E-state index contributed by atoms with van der Waals surface area (Å²) >= 11 is 0. The Morgan fingerprint density at radius 3 is 2.44 bits per heavy atom. The number of amides is 2. The summed E-state index contributed by atoms with van der Waals surface area (Å²) in [5, 5.41) is 11.2. The van der Waals surface area contributed by atoms with Crippen LogP contribution in [0.3, 0.4) is 0 Å². The highest BCUT2D eigenvalue weighted by atomic mass is 16.5. The summed E-state index contributed by atoms with van der Waals surface area (Å²) in [7, 11) is 1.59. The molecule has 3 N–H and O–H groups in total. The molecule has 2 amide bonds. The maximum Gasteiger partial charge on any atom is 0.287 e. The van der Waals surface area contributed by atoms with Crippen molar-refractivity contribution in [3.63, 3.8) is 0 Å². The Bertz CT molecular complexity index is 1230. The summed E-state index contributed by atoms with van der Waals surface area (Å²) in [6.07, 6.45) is 2.09. The predicted molar refractivity (Wildman–Crippen MR) is 118 cm³/mol. The van der Waals surface area contributed by atoms with Crippen LogP contribution in [0, 0.1) is 0 Å². The molecular formula is C23H22N6O3. The largest absolute Gasteiger partial charge is 0.497 e. The fourth-order valence-corrected chi connectivity index (χ4v) is 3.29. The van der Waals surface area contributed by atoms with E-state index < -0.39 is 11.8 Å². The van der Waals surface area contributed by atoms with Gasteiger partial charge in [-0.05, 0) is 48.9 Å². The summed E-state index contributed by atoms with van der Waals surface area (Å²) in [6, 6.07) is 18.5. The van der Waals surface area contributed by atoms with Crippen LogP contribution in [0.1, 0.15) is 33.5 Å². The van der Waals surface area contributed by atoms with Crippen molar-refractivity contribution in [2.75, 3.05) is 7.11 Å². The molecule has 4 aromatic rings. The van der Waals surface area contributed by atoms with E-state index in [1.165, 1.54) is 6.20 Å². The van der Waals surface area contributed by atoms with Gasteiger partial charge in [0.25, 0.3) is 11.8 Å². The first-order valence-corrected chi connectivity index (χ1v) is 10.0. The van der Waals surface area contributed by atoms with E-state index in [2.05, 4.69) is 26.1 Å². The average molecular weight is 430 g/mol.